The largest absolute Gasteiger partial charge is 0.468 e. The molecule has 1 heterocycles. The summed E-state index contributed by atoms with van der Waals surface area (Å²) in [5.41, 5.74) is 0. The third-order valence-corrected chi connectivity index (χ3v) is 3.12. The van der Waals surface area contributed by atoms with Crippen LogP contribution in [0.4, 0.5) is 0 Å². The summed E-state index contributed by atoms with van der Waals surface area (Å²) in [6.07, 6.45) is 0. The highest BCUT2D eigenvalue weighted by molar-refractivity contribution is 8.01. The zero-order chi connectivity index (χ0) is 8.43. The number of ether oxygens (including phenoxy) is 1. The van der Waals surface area contributed by atoms with Crippen molar-refractivity contribution >= 4 is 23.5 Å². The van der Waals surface area contributed by atoms with E-state index >= 15 is 0 Å². The lowest BCUT2D eigenvalue weighted by molar-refractivity contribution is -0.142. The van der Waals surface area contributed by atoms with Crippen LogP contribution in [-0.2, 0) is 14.3 Å². The average molecular weight is 174 g/mol. The van der Waals surface area contributed by atoms with Crippen molar-refractivity contribution in [2.75, 3.05) is 12.9 Å². The van der Waals surface area contributed by atoms with Crippen molar-refractivity contribution in [2.45, 2.75) is 12.2 Å². The van der Waals surface area contributed by atoms with Gasteiger partial charge in [-0.15, -0.1) is 11.8 Å². The Kier molecular flexibility index (Phi) is 2.54. The minimum atomic E-state index is -0.560. The molecule has 0 radical (unpaired) electrons. The van der Waals surface area contributed by atoms with Crippen molar-refractivity contribution in [3.05, 3.63) is 0 Å². The zero-order valence-electron chi connectivity index (χ0n) is 6.49. The fraction of sp³-hybridized carbons (Fsp3) is 0.714. The van der Waals surface area contributed by atoms with Gasteiger partial charge in [-0.1, -0.05) is 6.92 Å². The Bertz CT molecular complexity index is 190. The first-order valence-corrected chi connectivity index (χ1v) is 4.45. The molecule has 0 N–H and O–H groups in total. The molecule has 0 spiro atoms. The van der Waals surface area contributed by atoms with Crippen LogP contribution in [0.5, 0.6) is 0 Å². The number of Topliss-reactive ketones (excluding diaryl/α,β-unsaturated/α-hetero) is 1. The van der Waals surface area contributed by atoms with Crippen molar-refractivity contribution in [3.8, 4) is 0 Å². The highest BCUT2D eigenvalue weighted by atomic mass is 32.2. The molecule has 3 nitrogen and oxygen atoms in total. The van der Waals surface area contributed by atoms with E-state index < -0.39 is 11.2 Å². The first-order valence-electron chi connectivity index (χ1n) is 3.40. The maximum Gasteiger partial charge on any atom is 0.326 e. The van der Waals surface area contributed by atoms with Gasteiger partial charge in [-0.3, -0.25) is 9.59 Å². The SMILES string of the molecule is COC(=O)[C@@H]1SC[C@H](C)C1=O. The lowest BCUT2D eigenvalue weighted by Crippen LogP contribution is -2.26. The number of carbonyl (C=O) groups is 2. The Morgan fingerprint density at radius 3 is 2.73 bits per heavy atom. The smallest absolute Gasteiger partial charge is 0.326 e. The summed E-state index contributed by atoms with van der Waals surface area (Å²) in [6, 6.07) is 0. The zero-order valence-corrected chi connectivity index (χ0v) is 7.31. The van der Waals surface area contributed by atoms with E-state index in [4.69, 9.17) is 0 Å². The lowest BCUT2D eigenvalue weighted by Gasteiger charge is -2.03. The molecule has 0 aromatic heterocycles. The molecular formula is C7H10O3S. The standard InChI is InChI=1S/C7H10O3S/c1-4-3-11-6(5(4)8)7(9)10-2/h4,6H,3H2,1-2H3/t4-,6+/m0/s1. The second-order valence-electron chi connectivity index (χ2n) is 2.54. The Balaban J connectivity index is 2.62. The third-order valence-electron chi connectivity index (χ3n) is 1.67. The number of esters is 1. The molecule has 1 saturated heterocycles. The molecule has 1 aliphatic rings. The third kappa shape index (κ3) is 1.56. The van der Waals surface area contributed by atoms with E-state index in [0.717, 1.165) is 5.75 Å². The van der Waals surface area contributed by atoms with Crippen LogP contribution in [-0.4, -0.2) is 29.9 Å². The van der Waals surface area contributed by atoms with Crippen LogP contribution >= 0.6 is 11.8 Å². The molecule has 4 heteroatoms. The Hall–Kier alpha value is -0.510. The van der Waals surface area contributed by atoms with Crippen LogP contribution in [0.2, 0.25) is 0 Å². The average Bonchev–Trinajstić information content (AvgIpc) is 2.32. The monoisotopic (exact) mass is 174 g/mol. The van der Waals surface area contributed by atoms with Gasteiger partial charge >= 0.3 is 5.97 Å². The van der Waals surface area contributed by atoms with Gasteiger partial charge in [0, 0.05) is 11.7 Å². The van der Waals surface area contributed by atoms with Crippen molar-refractivity contribution < 1.29 is 14.3 Å². The summed E-state index contributed by atoms with van der Waals surface area (Å²) in [5.74, 6) is 0.328. The topological polar surface area (TPSA) is 43.4 Å². The highest BCUT2D eigenvalue weighted by Gasteiger charge is 2.37. The van der Waals surface area contributed by atoms with E-state index in [1.165, 1.54) is 18.9 Å². The molecule has 1 fully saturated rings. The van der Waals surface area contributed by atoms with Crippen molar-refractivity contribution in [2.24, 2.45) is 5.92 Å². The van der Waals surface area contributed by atoms with Crippen molar-refractivity contribution in [1.29, 1.82) is 0 Å². The second-order valence-corrected chi connectivity index (χ2v) is 3.68. The van der Waals surface area contributed by atoms with E-state index in [-0.39, 0.29) is 11.7 Å². The van der Waals surface area contributed by atoms with Crippen LogP contribution in [0, 0.1) is 5.92 Å². The highest BCUT2D eigenvalue weighted by Crippen LogP contribution is 2.28. The predicted molar refractivity (Wildman–Crippen MR) is 42.4 cm³/mol. The minimum Gasteiger partial charge on any atom is -0.468 e. The molecule has 0 bridgehead atoms. The fourth-order valence-electron chi connectivity index (χ4n) is 0.954. The first kappa shape index (κ1) is 8.59. The van der Waals surface area contributed by atoms with Gasteiger partial charge in [0.25, 0.3) is 0 Å². The van der Waals surface area contributed by atoms with E-state index in [9.17, 15) is 9.59 Å². The number of hydrogen-bond donors (Lipinski definition) is 0. The quantitative estimate of drug-likeness (QED) is 0.428. The van der Waals surface area contributed by atoms with E-state index in [0.29, 0.717) is 0 Å². The molecule has 0 aliphatic carbocycles. The molecule has 1 aliphatic heterocycles. The minimum absolute atomic E-state index is 0.00171. The number of methoxy groups -OCH3 is 1. The van der Waals surface area contributed by atoms with Crippen LogP contribution < -0.4 is 0 Å². The molecule has 11 heavy (non-hydrogen) atoms. The summed E-state index contributed by atoms with van der Waals surface area (Å²) >= 11 is 1.37. The van der Waals surface area contributed by atoms with Gasteiger partial charge in [-0.05, 0) is 0 Å². The normalized spacial score (nSPS) is 30.5. The number of hydrogen-bond acceptors (Lipinski definition) is 4. The number of carbonyl (C=O) groups excluding carboxylic acids is 2. The molecule has 0 unspecified atom stereocenters. The number of rotatable bonds is 1. The van der Waals surface area contributed by atoms with Gasteiger partial charge in [0.2, 0.25) is 0 Å². The number of thioether (sulfide) groups is 1. The summed E-state index contributed by atoms with van der Waals surface area (Å²) in [7, 11) is 1.30. The molecule has 0 saturated carbocycles. The Morgan fingerprint density at radius 2 is 2.36 bits per heavy atom. The molecule has 0 aromatic carbocycles. The maximum absolute atomic E-state index is 11.2. The Labute approximate surface area is 69.5 Å². The van der Waals surface area contributed by atoms with E-state index in [1.54, 1.807) is 0 Å². The van der Waals surface area contributed by atoms with Gasteiger partial charge in [-0.2, -0.15) is 0 Å². The molecule has 2 atom stereocenters. The predicted octanol–water partition coefficient (Wildman–Crippen LogP) is 0.480. The summed E-state index contributed by atoms with van der Waals surface area (Å²) in [5, 5.41) is -0.560. The lowest BCUT2D eigenvalue weighted by atomic mass is 10.1. The molecular weight excluding hydrogens is 164 g/mol. The van der Waals surface area contributed by atoms with Crippen molar-refractivity contribution in [1.82, 2.24) is 0 Å². The molecule has 62 valence electrons. The molecule has 0 aromatic rings. The Morgan fingerprint density at radius 1 is 1.73 bits per heavy atom. The van der Waals surface area contributed by atoms with Gasteiger partial charge in [0.15, 0.2) is 11.0 Å². The van der Waals surface area contributed by atoms with E-state index in [2.05, 4.69) is 4.74 Å². The van der Waals surface area contributed by atoms with Crippen LogP contribution in [0.25, 0.3) is 0 Å². The second kappa shape index (κ2) is 3.26. The summed E-state index contributed by atoms with van der Waals surface area (Å²) in [6.45, 7) is 1.83. The van der Waals surface area contributed by atoms with Gasteiger partial charge in [0.1, 0.15) is 0 Å². The van der Waals surface area contributed by atoms with Gasteiger partial charge < -0.3 is 4.74 Å². The van der Waals surface area contributed by atoms with Crippen molar-refractivity contribution in [3.63, 3.8) is 0 Å². The molecule has 1 rings (SSSR count). The molecule has 0 amide bonds. The van der Waals surface area contributed by atoms with E-state index in [1.807, 2.05) is 6.92 Å². The van der Waals surface area contributed by atoms with Crippen LogP contribution in [0.15, 0.2) is 0 Å². The fourth-order valence-corrected chi connectivity index (χ4v) is 2.23. The van der Waals surface area contributed by atoms with Crippen LogP contribution in [0.1, 0.15) is 6.92 Å². The number of ketones is 1. The maximum atomic E-state index is 11.2. The van der Waals surface area contributed by atoms with Crippen LogP contribution in [0.3, 0.4) is 0 Å². The summed E-state index contributed by atoms with van der Waals surface area (Å²) < 4.78 is 4.47. The first-order chi connectivity index (χ1) is 5.16. The van der Waals surface area contributed by atoms with Gasteiger partial charge in [0.05, 0.1) is 7.11 Å². The summed E-state index contributed by atoms with van der Waals surface area (Å²) in [4.78, 5) is 22.1. The van der Waals surface area contributed by atoms with Gasteiger partial charge in [-0.25, -0.2) is 0 Å².